The summed E-state index contributed by atoms with van der Waals surface area (Å²) in [5.74, 6) is -0.290. The van der Waals surface area contributed by atoms with Crippen LogP contribution in [0.2, 0.25) is 0 Å². The van der Waals surface area contributed by atoms with Crippen LogP contribution in [0.3, 0.4) is 0 Å². The van der Waals surface area contributed by atoms with Crippen LogP contribution in [0.5, 0.6) is 0 Å². The zero-order valence-corrected chi connectivity index (χ0v) is 14.1. The van der Waals surface area contributed by atoms with E-state index < -0.39 is 0 Å². The van der Waals surface area contributed by atoms with Gasteiger partial charge in [0.15, 0.2) is 0 Å². The molecule has 1 N–H and O–H groups in total. The number of halogens is 1. The van der Waals surface area contributed by atoms with Gasteiger partial charge in [-0.25, -0.2) is 9.18 Å². The molecule has 132 valence electrons. The van der Waals surface area contributed by atoms with Crippen LogP contribution in [0, 0.1) is 5.82 Å². The number of rotatable bonds is 4. The first-order valence-corrected chi connectivity index (χ1v) is 8.19. The van der Waals surface area contributed by atoms with Crippen molar-refractivity contribution in [3.63, 3.8) is 0 Å². The highest BCUT2D eigenvalue weighted by Gasteiger charge is 2.19. The molecule has 0 spiro atoms. The van der Waals surface area contributed by atoms with Crippen LogP contribution < -0.4 is 5.32 Å². The minimum absolute atomic E-state index is 0.108. The number of ether oxygens (including phenoxy) is 2. The average Bonchev–Trinajstić information content (AvgIpc) is 2.63. The van der Waals surface area contributed by atoms with Gasteiger partial charge in [-0.2, -0.15) is 0 Å². The van der Waals surface area contributed by atoms with Gasteiger partial charge >= 0.3 is 6.03 Å². The van der Waals surface area contributed by atoms with Crippen LogP contribution in [-0.4, -0.2) is 50.4 Å². The lowest BCUT2D eigenvalue weighted by molar-refractivity contribution is -0.0925. The second-order valence-electron chi connectivity index (χ2n) is 5.97. The fourth-order valence-electron chi connectivity index (χ4n) is 2.69. The smallest absolute Gasteiger partial charge is 0.321 e. The van der Waals surface area contributed by atoms with Crippen molar-refractivity contribution in [1.29, 1.82) is 0 Å². The number of nitrogens with one attached hydrogen (secondary N) is 1. The Labute approximate surface area is 146 Å². The van der Waals surface area contributed by atoms with Gasteiger partial charge in [0.2, 0.25) is 0 Å². The summed E-state index contributed by atoms with van der Waals surface area (Å²) < 4.78 is 24.3. The first kappa shape index (κ1) is 17.4. The Morgan fingerprint density at radius 3 is 2.68 bits per heavy atom. The van der Waals surface area contributed by atoms with E-state index in [-0.39, 0.29) is 18.0 Å². The number of anilines is 1. The number of benzene rings is 2. The Kier molecular flexibility index (Phi) is 5.63. The zero-order valence-electron chi connectivity index (χ0n) is 14.1. The Bertz CT molecular complexity index is 732. The first-order chi connectivity index (χ1) is 12.1. The zero-order chi connectivity index (χ0) is 17.6. The Morgan fingerprint density at radius 1 is 1.20 bits per heavy atom. The summed E-state index contributed by atoms with van der Waals surface area (Å²) in [4.78, 5) is 13.9. The third-order valence-corrected chi connectivity index (χ3v) is 3.98. The van der Waals surface area contributed by atoms with Crippen LogP contribution in [0.25, 0.3) is 11.1 Å². The summed E-state index contributed by atoms with van der Waals surface area (Å²) in [6.45, 7) is 2.09. The van der Waals surface area contributed by atoms with Gasteiger partial charge < -0.3 is 19.7 Å². The molecule has 1 aliphatic heterocycles. The molecule has 0 unspecified atom stereocenters. The van der Waals surface area contributed by atoms with Crippen molar-refractivity contribution in [2.45, 2.75) is 6.10 Å². The first-order valence-electron chi connectivity index (χ1n) is 8.19. The van der Waals surface area contributed by atoms with Crippen molar-refractivity contribution in [2.75, 3.05) is 38.7 Å². The third kappa shape index (κ3) is 4.78. The number of nitrogens with zero attached hydrogens (tertiary/aromatic N) is 1. The van der Waals surface area contributed by atoms with Crippen LogP contribution in [0.1, 0.15) is 0 Å². The number of hydrogen-bond acceptors (Lipinski definition) is 3. The Balaban J connectivity index is 1.64. The molecule has 0 aliphatic carbocycles. The number of urea groups is 1. The summed E-state index contributed by atoms with van der Waals surface area (Å²) in [5, 5.41) is 2.85. The van der Waals surface area contributed by atoms with Crippen molar-refractivity contribution < 1.29 is 18.7 Å². The molecular weight excluding hydrogens is 323 g/mol. The molecule has 2 amide bonds. The summed E-state index contributed by atoms with van der Waals surface area (Å²) in [6, 6.07) is 13.5. The summed E-state index contributed by atoms with van der Waals surface area (Å²) in [7, 11) is 1.71. The standard InChI is InChI=1S/C19H21FN2O3/c1-22(12-18-13-24-8-9-25-18)19(23)21-17-7-3-5-15(11-17)14-4-2-6-16(20)10-14/h2-7,10-11,18H,8-9,12-13H2,1H3,(H,21,23)/t18-/m1/s1. The minimum Gasteiger partial charge on any atom is -0.376 e. The minimum atomic E-state index is -0.290. The summed E-state index contributed by atoms with van der Waals surface area (Å²) >= 11 is 0. The molecule has 2 aromatic rings. The molecule has 1 heterocycles. The fourth-order valence-corrected chi connectivity index (χ4v) is 2.69. The van der Waals surface area contributed by atoms with E-state index >= 15 is 0 Å². The highest BCUT2D eigenvalue weighted by atomic mass is 19.1. The van der Waals surface area contributed by atoms with Crippen LogP contribution in [0.15, 0.2) is 48.5 Å². The predicted octanol–water partition coefficient (Wildman–Crippen LogP) is 3.37. The fraction of sp³-hybridized carbons (Fsp3) is 0.316. The SMILES string of the molecule is CN(C[C@@H]1COCCO1)C(=O)Nc1cccc(-c2cccc(F)c2)c1. The molecule has 6 heteroatoms. The molecule has 1 fully saturated rings. The predicted molar refractivity (Wildman–Crippen MR) is 94.0 cm³/mol. The lowest BCUT2D eigenvalue weighted by Crippen LogP contribution is -2.42. The molecule has 0 radical (unpaired) electrons. The van der Waals surface area contributed by atoms with E-state index in [1.807, 2.05) is 24.3 Å². The topological polar surface area (TPSA) is 50.8 Å². The average molecular weight is 344 g/mol. The van der Waals surface area contributed by atoms with Gasteiger partial charge in [-0.05, 0) is 35.4 Å². The van der Waals surface area contributed by atoms with Crippen molar-refractivity contribution in [1.82, 2.24) is 4.90 Å². The highest BCUT2D eigenvalue weighted by Crippen LogP contribution is 2.23. The maximum atomic E-state index is 13.4. The van der Waals surface area contributed by atoms with Crippen LogP contribution >= 0.6 is 0 Å². The van der Waals surface area contributed by atoms with E-state index in [9.17, 15) is 9.18 Å². The molecule has 25 heavy (non-hydrogen) atoms. The third-order valence-electron chi connectivity index (χ3n) is 3.98. The second kappa shape index (κ2) is 8.09. The number of likely N-dealkylation sites (N-methyl/N-ethyl adjacent to an activating group) is 1. The number of hydrogen-bond donors (Lipinski definition) is 1. The molecule has 3 rings (SSSR count). The van der Waals surface area contributed by atoms with Crippen molar-refractivity contribution in [3.8, 4) is 11.1 Å². The maximum absolute atomic E-state index is 13.4. The summed E-state index contributed by atoms with van der Waals surface area (Å²) in [6.07, 6.45) is -0.108. The lowest BCUT2D eigenvalue weighted by atomic mass is 10.1. The molecule has 5 nitrogen and oxygen atoms in total. The molecule has 0 saturated carbocycles. The van der Waals surface area contributed by atoms with Crippen LogP contribution in [0.4, 0.5) is 14.9 Å². The molecule has 0 aromatic heterocycles. The number of amides is 2. The van der Waals surface area contributed by atoms with E-state index in [2.05, 4.69) is 5.32 Å². The van der Waals surface area contributed by atoms with Gasteiger partial charge in [-0.3, -0.25) is 0 Å². The normalized spacial score (nSPS) is 17.1. The molecular formula is C19H21FN2O3. The number of carbonyl (C=O) groups excluding carboxylic acids is 1. The second-order valence-corrected chi connectivity index (χ2v) is 5.97. The van der Waals surface area contributed by atoms with Gasteiger partial charge in [-0.1, -0.05) is 24.3 Å². The van der Waals surface area contributed by atoms with Gasteiger partial charge in [0.1, 0.15) is 5.82 Å². The molecule has 1 aliphatic rings. The molecule has 2 aromatic carbocycles. The van der Waals surface area contributed by atoms with Crippen molar-refractivity contribution in [3.05, 3.63) is 54.3 Å². The van der Waals surface area contributed by atoms with E-state index in [1.54, 1.807) is 24.1 Å². The molecule has 1 saturated heterocycles. The van der Waals surface area contributed by atoms with E-state index in [1.165, 1.54) is 12.1 Å². The molecule has 1 atom stereocenters. The van der Waals surface area contributed by atoms with Gasteiger partial charge in [0.25, 0.3) is 0 Å². The van der Waals surface area contributed by atoms with Crippen molar-refractivity contribution in [2.24, 2.45) is 0 Å². The van der Waals surface area contributed by atoms with E-state index in [0.29, 0.717) is 32.1 Å². The monoisotopic (exact) mass is 344 g/mol. The maximum Gasteiger partial charge on any atom is 0.321 e. The largest absolute Gasteiger partial charge is 0.376 e. The Morgan fingerprint density at radius 2 is 1.96 bits per heavy atom. The molecule has 0 bridgehead atoms. The lowest BCUT2D eigenvalue weighted by Gasteiger charge is -2.27. The van der Waals surface area contributed by atoms with E-state index in [0.717, 1.165) is 11.1 Å². The van der Waals surface area contributed by atoms with Gasteiger partial charge in [0, 0.05) is 12.7 Å². The quantitative estimate of drug-likeness (QED) is 0.925. The van der Waals surface area contributed by atoms with E-state index in [4.69, 9.17) is 9.47 Å². The van der Waals surface area contributed by atoms with Crippen molar-refractivity contribution >= 4 is 11.7 Å². The van der Waals surface area contributed by atoms with Crippen LogP contribution in [-0.2, 0) is 9.47 Å². The van der Waals surface area contributed by atoms with Gasteiger partial charge in [-0.15, -0.1) is 0 Å². The number of carbonyl (C=O) groups is 1. The highest BCUT2D eigenvalue weighted by molar-refractivity contribution is 5.90. The van der Waals surface area contributed by atoms with Gasteiger partial charge in [0.05, 0.1) is 32.5 Å². The summed E-state index contributed by atoms with van der Waals surface area (Å²) in [5.41, 5.74) is 2.25. The Hall–Kier alpha value is -2.44.